The van der Waals surface area contributed by atoms with E-state index in [0.717, 1.165) is 0 Å². The van der Waals surface area contributed by atoms with Crippen molar-refractivity contribution < 1.29 is 48.8 Å². The molecule has 0 heterocycles. The molecular weight excluding hydrogens is 268 g/mol. The smallest absolute Gasteiger partial charge is 0.448 e. The molecule has 0 aliphatic rings. The molecule has 19 heavy (non-hydrogen) atoms. The van der Waals surface area contributed by atoms with Crippen LogP contribution in [0.5, 0.6) is 0 Å². The Labute approximate surface area is 108 Å². The topological polar surface area (TPSA) is 119 Å². The van der Waals surface area contributed by atoms with E-state index in [9.17, 15) is 9.59 Å². The van der Waals surface area contributed by atoms with Gasteiger partial charge in [-0.1, -0.05) is 0 Å². The number of carboxylic acid groups (broad SMARTS) is 1. The lowest BCUT2D eigenvalue weighted by molar-refractivity contribution is -0.601. The molecule has 10 nitrogen and oxygen atoms in total. The van der Waals surface area contributed by atoms with Gasteiger partial charge in [-0.15, -0.1) is 0 Å². The summed E-state index contributed by atoms with van der Waals surface area (Å²) in [6, 6.07) is 0. The van der Waals surface area contributed by atoms with Crippen molar-refractivity contribution in [2.45, 2.75) is 26.6 Å². The van der Waals surface area contributed by atoms with E-state index < -0.39 is 18.1 Å². The van der Waals surface area contributed by atoms with Crippen LogP contribution in [-0.2, 0) is 34.1 Å². The molecule has 0 aliphatic heterocycles. The largest absolute Gasteiger partial charge is 0.545 e. The lowest BCUT2D eigenvalue weighted by Gasteiger charge is -2.27. The minimum Gasteiger partial charge on any atom is -0.448 e. The highest BCUT2D eigenvalue weighted by Crippen LogP contribution is 2.14. The van der Waals surface area contributed by atoms with Crippen LogP contribution in [0.4, 0.5) is 9.59 Å². The predicted octanol–water partition coefficient (Wildman–Crippen LogP) is 1.40. The maximum Gasteiger partial charge on any atom is 0.545 e. The number of hydrogen-bond acceptors (Lipinski definition) is 9. The molecule has 0 aromatic heterocycles. The van der Waals surface area contributed by atoms with Crippen LogP contribution in [0.15, 0.2) is 0 Å². The van der Waals surface area contributed by atoms with Crippen molar-refractivity contribution in [3.8, 4) is 0 Å². The molecule has 0 rings (SSSR count). The zero-order valence-electron chi connectivity index (χ0n) is 10.7. The molecule has 0 aliphatic carbocycles. The molecule has 0 aromatic rings. The summed E-state index contributed by atoms with van der Waals surface area (Å²) in [4.78, 5) is 28.3. The van der Waals surface area contributed by atoms with Gasteiger partial charge in [0.05, 0.1) is 0 Å². The first-order valence-electron chi connectivity index (χ1n) is 5.29. The standard InChI is InChI=1S/C9H16O10/c1-4-13-6-9(3,14-5-2)15-8(12)17-19-18-16-7(10)11/h4-6H2,1-3H3,(H,10,11). The SMILES string of the molecule is CCOCC(C)(OCC)OC(=O)OOOOC(=O)O. The molecule has 0 saturated heterocycles. The van der Waals surface area contributed by atoms with E-state index in [1.165, 1.54) is 6.92 Å². The van der Waals surface area contributed by atoms with E-state index in [0.29, 0.717) is 6.61 Å². The Kier molecular flexibility index (Phi) is 8.53. The maximum absolute atomic E-state index is 11.2. The van der Waals surface area contributed by atoms with Crippen molar-refractivity contribution in [3.63, 3.8) is 0 Å². The Morgan fingerprint density at radius 3 is 2.26 bits per heavy atom. The first-order valence-corrected chi connectivity index (χ1v) is 5.29. The average molecular weight is 284 g/mol. The molecule has 0 amide bonds. The van der Waals surface area contributed by atoms with Gasteiger partial charge in [0.25, 0.3) is 0 Å². The minimum absolute atomic E-state index is 0.0288. The molecule has 112 valence electrons. The predicted molar refractivity (Wildman–Crippen MR) is 55.4 cm³/mol. The molecule has 10 heteroatoms. The van der Waals surface area contributed by atoms with E-state index in [4.69, 9.17) is 19.3 Å². The number of rotatable bonds is 9. The fourth-order valence-corrected chi connectivity index (χ4v) is 0.971. The normalized spacial score (nSPS) is 13.4. The van der Waals surface area contributed by atoms with Gasteiger partial charge in [0.1, 0.15) is 6.61 Å². The average Bonchev–Trinajstić information content (AvgIpc) is 2.32. The Bertz CT molecular complexity index is 280. The third-order valence-electron chi connectivity index (χ3n) is 1.55. The van der Waals surface area contributed by atoms with E-state index in [2.05, 4.69) is 19.9 Å². The maximum atomic E-state index is 11.2. The summed E-state index contributed by atoms with van der Waals surface area (Å²) in [5.41, 5.74) is 0. The molecule has 1 N–H and O–H groups in total. The second-order valence-electron chi connectivity index (χ2n) is 3.12. The van der Waals surface area contributed by atoms with Gasteiger partial charge >= 0.3 is 12.3 Å². The van der Waals surface area contributed by atoms with Crippen molar-refractivity contribution in [1.82, 2.24) is 0 Å². The molecule has 0 aromatic carbocycles. The zero-order valence-corrected chi connectivity index (χ0v) is 10.7. The zero-order chi connectivity index (χ0) is 14.7. The molecule has 0 saturated carbocycles. The van der Waals surface area contributed by atoms with Gasteiger partial charge in [0, 0.05) is 30.2 Å². The highest BCUT2D eigenvalue weighted by Gasteiger charge is 2.31. The summed E-state index contributed by atoms with van der Waals surface area (Å²) in [6.45, 7) is 5.52. The van der Waals surface area contributed by atoms with E-state index >= 15 is 0 Å². The van der Waals surface area contributed by atoms with Gasteiger partial charge in [0.2, 0.25) is 5.79 Å². The van der Waals surface area contributed by atoms with E-state index in [1.807, 2.05) is 0 Å². The van der Waals surface area contributed by atoms with Crippen molar-refractivity contribution in [2.24, 2.45) is 0 Å². The molecule has 1 atom stereocenters. The van der Waals surface area contributed by atoms with Gasteiger partial charge < -0.3 is 19.3 Å². The summed E-state index contributed by atoms with van der Waals surface area (Å²) in [6.07, 6.45) is -3.11. The summed E-state index contributed by atoms with van der Waals surface area (Å²) < 4.78 is 15.0. The Morgan fingerprint density at radius 1 is 1.11 bits per heavy atom. The highest BCUT2D eigenvalue weighted by atomic mass is 17.7. The van der Waals surface area contributed by atoms with E-state index in [1.54, 1.807) is 13.8 Å². The quantitative estimate of drug-likeness (QED) is 0.219. The van der Waals surface area contributed by atoms with Crippen LogP contribution in [0.3, 0.4) is 0 Å². The molecule has 0 bridgehead atoms. The third-order valence-corrected chi connectivity index (χ3v) is 1.55. The molecule has 0 radical (unpaired) electrons. The van der Waals surface area contributed by atoms with Crippen LogP contribution < -0.4 is 0 Å². The summed E-state index contributed by atoms with van der Waals surface area (Å²) in [7, 11) is 0. The molecule has 1 unspecified atom stereocenters. The first-order chi connectivity index (χ1) is 8.93. The third kappa shape index (κ3) is 9.02. The van der Waals surface area contributed by atoms with Crippen LogP contribution >= 0.6 is 0 Å². The molecule has 0 spiro atoms. The lowest BCUT2D eigenvalue weighted by Crippen LogP contribution is -2.40. The fourth-order valence-electron chi connectivity index (χ4n) is 0.971. The number of ether oxygens (including phenoxy) is 3. The Morgan fingerprint density at radius 2 is 1.74 bits per heavy atom. The second kappa shape index (κ2) is 9.33. The Balaban J connectivity index is 4.05. The number of carbonyl (C=O) groups is 2. The van der Waals surface area contributed by atoms with Crippen molar-refractivity contribution >= 4 is 12.3 Å². The number of hydrogen-bond donors (Lipinski definition) is 1. The first kappa shape index (κ1) is 17.4. The molecular formula is C9H16O10. The fraction of sp³-hybridized carbons (Fsp3) is 0.778. The molecule has 0 fully saturated rings. The van der Waals surface area contributed by atoms with Crippen molar-refractivity contribution in [1.29, 1.82) is 0 Å². The summed E-state index contributed by atoms with van der Waals surface area (Å²) >= 11 is 0. The summed E-state index contributed by atoms with van der Waals surface area (Å²) in [5, 5.41) is 15.2. The summed E-state index contributed by atoms with van der Waals surface area (Å²) in [5.74, 6) is -1.38. The van der Waals surface area contributed by atoms with E-state index in [-0.39, 0.29) is 13.2 Å². The monoisotopic (exact) mass is 284 g/mol. The highest BCUT2D eigenvalue weighted by molar-refractivity contribution is 5.59. The second-order valence-corrected chi connectivity index (χ2v) is 3.12. The van der Waals surface area contributed by atoms with Crippen molar-refractivity contribution in [3.05, 3.63) is 0 Å². The van der Waals surface area contributed by atoms with Crippen molar-refractivity contribution in [2.75, 3.05) is 19.8 Å². The van der Waals surface area contributed by atoms with Gasteiger partial charge in [-0.25, -0.2) is 19.4 Å². The van der Waals surface area contributed by atoms with Crippen LogP contribution in [0.2, 0.25) is 0 Å². The van der Waals surface area contributed by atoms with Gasteiger partial charge in [-0.2, -0.15) is 0 Å². The van der Waals surface area contributed by atoms with Crippen LogP contribution in [0.1, 0.15) is 20.8 Å². The van der Waals surface area contributed by atoms with Crippen LogP contribution in [0, 0.1) is 0 Å². The van der Waals surface area contributed by atoms with Gasteiger partial charge in [0.15, 0.2) is 0 Å². The minimum atomic E-state index is -1.78. The number of carbonyl (C=O) groups excluding carboxylic acids is 1. The van der Waals surface area contributed by atoms with Gasteiger partial charge in [-0.05, 0) is 13.8 Å². The van der Waals surface area contributed by atoms with Crippen LogP contribution in [-0.4, -0.2) is 43.0 Å². The lowest BCUT2D eigenvalue weighted by atomic mass is 10.3. The Hall–Kier alpha value is -1.62. The van der Waals surface area contributed by atoms with Gasteiger partial charge in [-0.3, -0.25) is 0 Å². The van der Waals surface area contributed by atoms with Crippen LogP contribution in [0.25, 0.3) is 0 Å².